The number of ether oxygens (including phenoxy) is 1. The first-order chi connectivity index (χ1) is 13.5. The van der Waals surface area contributed by atoms with Gasteiger partial charge in [-0.2, -0.15) is 16.4 Å². The number of thioether (sulfide) groups is 1. The third-order valence-corrected chi connectivity index (χ3v) is 6.34. The maximum atomic E-state index is 10.8. The number of pyridine rings is 1. The van der Waals surface area contributed by atoms with Crippen molar-refractivity contribution in [1.82, 2.24) is 4.98 Å². The van der Waals surface area contributed by atoms with Gasteiger partial charge in [-0.25, -0.2) is 0 Å². The standard InChI is InChI=1S/C17H19BrN4O4S2/c18-10-3-11(5-20-4-10)28-17-16(25)14(15(24)13(7-23)26-17)21-6-12(22-19)9-1-2-27-8-9/h1-6,8,13-17,23-25H,7,19H2/t13?,14?,15-,16?,17+/m0/s1. The zero-order chi connectivity index (χ0) is 20.1. The largest absolute Gasteiger partial charge is 0.394 e. The van der Waals surface area contributed by atoms with Gasteiger partial charge in [0.15, 0.2) is 0 Å². The molecule has 0 bridgehead atoms. The van der Waals surface area contributed by atoms with E-state index in [-0.39, 0.29) is 0 Å². The molecule has 2 aromatic heterocycles. The summed E-state index contributed by atoms with van der Waals surface area (Å²) in [6.07, 6.45) is 1.51. The van der Waals surface area contributed by atoms with E-state index in [0.717, 1.165) is 14.9 Å². The molecule has 1 aliphatic heterocycles. The van der Waals surface area contributed by atoms with Gasteiger partial charge >= 0.3 is 0 Å². The SMILES string of the molecule is NN=C(C=NC1C(O)[C@@H](Sc2cncc(Br)c2)OC(CO)[C@@H]1O)c1ccsc1. The molecule has 5 atom stereocenters. The Balaban J connectivity index is 1.81. The van der Waals surface area contributed by atoms with E-state index >= 15 is 0 Å². The molecule has 3 heterocycles. The Morgan fingerprint density at radius 2 is 2.21 bits per heavy atom. The lowest BCUT2D eigenvalue weighted by Crippen LogP contribution is -2.56. The van der Waals surface area contributed by atoms with Crippen molar-refractivity contribution in [3.8, 4) is 0 Å². The Kier molecular flexibility index (Phi) is 7.57. The van der Waals surface area contributed by atoms with Crippen LogP contribution in [0.4, 0.5) is 0 Å². The van der Waals surface area contributed by atoms with Crippen molar-refractivity contribution in [1.29, 1.82) is 0 Å². The van der Waals surface area contributed by atoms with E-state index in [9.17, 15) is 15.3 Å². The van der Waals surface area contributed by atoms with Gasteiger partial charge in [0.1, 0.15) is 35.5 Å². The third-order valence-electron chi connectivity index (χ3n) is 4.11. The van der Waals surface area contributed by atoms with E-state index in [2.05, 4.69) is 31.0 Å². The Bertz CT molecular complexity index is 836. The first-order valence-electron chi connectivity index (χ1n) is 8.26. The smallest absolute Gasteiger partial charge is 0.136 e. The summed E-state index contributed by atoms with van der Waals surface area (Å²) in [5.74, 6) is 5.44. The van der Waals surface area contributed by atoms with Gasteiger partial charge < -0.3 is 25.9 Å². The number of aliphatic hydroxyl groups excluding tert-OH is 3. The van der Waals surface area contributed by atoms with Crippen molar-refractivity contribution < 1.29 is 20.1 Å². The average molecular weight is 487 g/mol. The minimum Gasteiger partial charge on any atom is -0.394 e. The van der Waals surface area contributed by atoms with Crippen LogP contribution in [-0.2, 0) is 4.74 Å². The number of nitrogens with two attached hydrogens (primary N) is 1. The Hall–Kier alpha value is -1.34. The highest BCUT2D eigenvalue weighted by Crippen LogP contribution is 2.34. The van der Waals surface area contributed by atoms with Gasteiger partial charge in [0.25, 0.3) is 0 Å². The molecule has 0 aliphatic carbocycles. The molecule has 1 fully saturated rings. The van der Waals surface area contributed by atoms with E-state index in [1.807, 2.05) is 22.9 Å². The molecule has 1 aliphatic rings. The molecule has 0 radical (unpaired) electrons. The van der Waals surface area contributed by atoms with Crippen LogP contribution in [0.15, 0.2) is 54.7 Å². The monoisotopic (exact) mass is 486 g/mol. The molecule has 3 unspecified atom stereocenters. The maximum Gasteiger partial charge on any atom is 0.136 e. The molecule has 2 aromatic rings. The third kappa shape index (κ3) is 4.98. The number of hydrogen-bond donors (Lipinski definition) is 4. The number of aromatic nitrogens is 1. The van der Waals surface area contributed by atoms with Crippen molar-refractivity contribution in [2.45, 2.75) is 34.7 Å². The Morgan fingerprint density at radius 1 is 1.39 bits per heavy atom. The lowest BCUT2D eigenvalue weighted by Gasteiger charge is -2.40. The lowest BCUT2D eigenvalue weighted by molar-refractivity contribution is -0.159. The summed E-state index contributed by atoms with van der Waals surface area (Å²) in [7, 11) is 0. The number of rotatable bonds is 6. The molecule has 0 saturated carbocycles. The minimum atomic E-state index is -1.18. The fourth-order valence-corrected chi connectivity index (χ4v) is 4.93. The van der Waals surface area contributed by atoms with Crippen molar-refractivity contribution in [3.05, 3.63) is 45.3 Å². The first-order valence-corrected chi connectivity index (χ1v) is 10.9. The molecule has 0 spiro atoms. The Morgan fingerprint density at radius 3 is 2.86 bits per heavy atom. The lowest BCUT2D eigenvalue weighted by atomic mass is 9.98. The van der Waals surface area contributed by atoms with E-state index in [0.29, 0.717) is 5.71 Å². The van der Waals surface area contributed by atoms with E-state index in [4.69, 9.17) is 10.6 Å². The van der Waals surface area contributed by atoms with Gasteiger partial charge in [-0.15, -0.1) is 0 Å². The van der Waals surface area contributed by atoms with Crippen LogP contribution in [0.1, 0.15) is 5.56 Å². The zero-order valence-corrected chi connectivity index (χ0v) is 17.7. The van der Waals surface area contributed by atoms with Crippen molar-refractivity contribution in [2.75, 3.05) is 6.61 Å². The number of thiophene rings is 1. The van der Waals surface area contributed by atoms with Crippen LogP contribution in [-0.4, -0.2) is 68.6 Å². The molecule has 0 amide bonds. The van der Waals surface area contributed by atoms with Gasteiger partial charge in [0.05, 0.1) is 6.61 Å². The number of hydrazone groups is 1. The fourth-order valence-electron chi connectivity index (χ4n) is 2.68. The minimum absolute atomic E-state index is 0.407. The number of aliphatic hydroxyl groups is 3. The molecular formula is C17H19BrN4O4S2. The molecule has 28 heavy (non-hydrogen) atoms. The van der Waals surface area contributed by atoms with Crippen molar-refractivity contribution in [2.24, 2.45) is 15.9 Å². The van der Waals surface area contributed by atoms with Gasteiger partial charge in [-0.1, -0.05) is 11.8 Å². The van der Waals surface area contributed by atoms with Crippen molar-refractivity contribution in [3.63, 3.8) is 0 Å². The van der Waals surface area contributed by atoms with E-state index < -0.39 is 36.4 Å². The van der Waals surface area contributed by atoms with Crippen LogP contribution in [0.3, 0.4) is 0 Å². The average Bonchev–Trinajstić information content (AvgIpc) is 3.21. The number of hydrogen-bond acceptors (Lipinski definition) is 10. The van der Waals surface area contributed by atoms with E-state index in [1.165, 1.54) is 29.3 Å². The summed E-state index contributed by atoms with van der Waals surface area (Å²) in [6, 6.07) is 2.76. The summed E-state index contributed by atoms with van der Waals surface area (Å²) in [4.78, 5) is 9.17. The van der Waals surface area contributed by atoms with Crippen molar-refractivity contribution >= 4 is 51.0 Å². The zero-order valence-electron chi connectivity index (χ0n) is 14.5. The van der Waals surface area contributed by atoms with Crippen LogP contribution >= 0.6 is 39.0 Å². The highest BCUT2D eigenvalue weighted by Gasteiger charge is 2.44. The second kappa shape index (κ2) is 9.92. The number of nitrogens with zero attached hydrogens (tertiary/aromatic N) is 3. The topological polar surface area (TPSA) is 134 Å². The molecule has 3 rings (SSSR count). The number of halogens is 1. The highest BCUT2D eigenvalue weighted by molar-refractivity contribution is 9.10. The molecule has 150 valence electrons. The predicted molar refractivity (Wildman–Crippen MR) is 113 cm³/mol. The summed E-state index contributed by atoms with van der Waals surface area (Å²) >= 11 is 6.07. The molecule has 11 heteroatoms. The molecular weight excluding hydrogens is 468 g/mol. The predicted octanol–water partition coefficient (Wildman–Crippen LogP) is 1.24. The van der Waals surface area contributed by atoms with Gasteiger partial charge in [0, 0.05) is 38.9 Å². The van der Waals surface area contributed by atoms with Gasteiger partial charge in [-0.05, 0) is 33.4 Å². The van der Waals surface area contributed by atoms with Crippen LogP contribution in [0.25, 0.3) is 0 Å². The molecule has 5 N–H and O–H groups in total. The van der Waals surface area contributed by atoms with Gasteiger partial charge in [-0.3, -0.25) is 9.98 Å². The van der Waals surface area contributed by atoms with E-state index in [1.54, 1.807) is 12.4 Å². The normalized spacial score (nSPS) is 28.7. The molecule has 8 nitrogen and oxygen atoms in total. The highest BCUT2D eigenvalue weighted by atomic mass is 79.9. The molecule has 1 saturated heterocycles. The summed E-state index contributed by atoms with van der Waals surface area (Å²) in [6.45, 7) is -0.407. The van der Waals surface area contributed by atoms with Crippen LogP contribution in [0, 0.1) is 0 Å². The summed E-state index contributed by atoms with van der Waals surface area (Å²) < 4.78 is 6.47. The second-order valence-electron chi connectivity index (χ2n) is 5.96. The maximum absolute atomic E-state index is 10.8. The first kappa shape index (κ1) is 21.4. The van der Waals surface area contributed by atoms with Crippen LogP contribution < -0.4 is 5.84 Å². The number of aliphatic imine (C=N–C) groups is 1. The fraction of sp³-hybridized carbons (Fsp3) is 0.353. The van der Waals surface area contributed by atoms with Gasteiger partial charge in [0.2, 0.25) is 0 Å². The summed E-state index contributed by atoms with van der Waals surface area (Å²) in [5.41, 5.74) is 0.462. The molecule has 0 aromatic carbocycles. The van der Waals surface area contributed by atoms with Crippen LogP contribution in [0.5, 0.6) is 0 Å². The Labute approximate surface area is 178 Å². The van der Waals surface area contributed by atoms with Crippen LogP contribution in [0.2, 0.25) is 0 Å². The quantitative estimate of drug-likeness (QED) is 0.274. The second-order valence-corrected chi connectivity index (χ2v) is 8.83. The summed E-state index contributed by atoms with van der Waals surface area (Å²) in [5, 5.41) is 38.3.